The van der Waals surface area contributed by atoms with Gasteiger partial charge >= 0.3 is 0 Å². The van der Waals surface area contributed by atoms with Crippen LogP contribution in [-0.2, 0) is 7.05 Å². The van der Waals surface area contributed by atoms with E-state index in [1.54, 1.807) is 0 Å². The van der Waals surface area contributed by atoms with E-state index in [-0.39, 0.29) is 0 Å². The van der Waals surface area contributed by atoms with Gasteiger partial charge in [0.25, 0.3) is 0 Å². The van der Waals surface area contributed by atoms with Crippen molar-refractivity contribution in [1.29, 1.82) is 0 Å². The van der Waals surface area contributed by atoms with Gasteiger partial charge in [-0.05, 0) is 49.8 Å². The molecule has 2 N–H and O–H groups in total. The highest BCUT2D eigenvalue weighted by Crippen LogP contribution is 2.36. The second-order valence-electron chi connectivity index (χ2n) is 5.85. The number of aromatic nitrogens is 2. The molecule has 0 bridgehead atoms. The first kappa shape index (κ1) is 16.1. The fourth-order valence-electron chi connectivity index (χ4n) is 2.92. The van der Waals surface area contributed by atoms with Crippen LogP contribution in [-0.4, -0.2) is 9.78 Å². The Morgan fingerprint density at radius 1 is 1.36 bits per heavy atom. The summed E-state index contributed by atoms with van der Waals surface area (Å²) in [6.07, 6.45) is 7.19. The summed E-state index contributed by atoms with van der Waals surface area (Å²) in [5.41, 5.74) is 7.34. The Hall–Kier alpha value is -2.23. The Morgan fingerprint density at radius 3 is 2.64 bits per heavy atom. The van der Waals surface area contributed by atoms with Crippen LogP contribution >= 0.6 is 0 Å². The van der Waals surface area contributed by atoms with Crippen molar-refractivity contribution in [3.63, 3.8) is 0 Å². The van der Waals surface area contributed by atoms with E-state index in [4.69, 9.17) is 0 Å². The van der Waals surface area contributed by atoms with E-state index in [2.05, 4.69) is 48.9 Å². The first-order valence-corrected chi connectivity index (χ1v) is 7.72. The number of aryl methyl sites for hydroxylation is 1. The number of hydrogen-bond donors (Lipinski definition) is 2. The molecular weight excluding hydrogens is 272 g/mol. The molecule has 1 aromatic heterocycles. The molecule has 0 saturated carbocycles. The van der Waals surface area contributed by atoms with Crippen molar-refractivity contribution in [2.24, 2.45) is 7.05 Å². The molecule has 22 heavy (non-hydrogen) atoms. The summed E-state index contributed by atoms with van der Waals surface area (Å²) in [4.78, 5) is 0. The molecule has 0 amide bonds. The summed E-state index contributed by atoms with van der Waals surface area (Å²) in [6, 6.07) is 0. The van der Waals surface area contributed by atoms with E-state index in [0.717, 1.165) is 30.8 Å². The first-order valence-electron chi connectivity index (χ1n) is 7.72. The van der Waals surface area contributed by atoms with Gasteiger partial charge in [-0.15, -0.1) is 0 Å². The molecule has 1 aliphatic carbocycles. The lowest BCUT2D eigenvalue weighted by molar-refractivity contribution is 0.767. The van der Waals surface area contributed by atoms with E-state index < -0.39 is 0 Å². The van der Waals surface area contributed by atoms with Gasteiger partial charge in [0.05, 0.1) is 12.0 Å². The summed E-state index contributed by atoms with van der Waals surface area (Å²) < 4.78 is 1.85. The molecule has 0 spiro atoms. The molecular formula is C18H26N4. The highest BCUT2D eigenvalue weighted by atomic mass is 15.2. The monoisotopic (exact) mass is 298 g/mol. The van der Waals surface area contributed by atoms with Crippen molar-refractivity contribution < 1.29 is 0 Å². The molecule has 0 saturated heterocycles. The second-order valence-corrected chi connectivity index (χ2v) is 5.85. The molecule has 0 unspecified atom stereocenters. The van der Waals surface area contributed by atoms with Gasteiger partial charge in [-0.25, -0.2) is 0 Å². The van der Waals surface area contributed by atoms with Gasteiger partial charge in [0.2, 0.25) is 0 Å². The smallest absolute Gasteiger partial charge is 0.0999 e. The zero-order chi connectivity index (χ0) is 16.3. The van der Waals surface area contributed by atoms with E-state index in [1.807, 2.05) is 24.9 Å². The number of hydrogen-bond acceptors (Lipinski definition) is 3. The van der Waals surface area contributed by atoms with Crippen molar-refractivity contribution in [2.75, 3.05) is 0 Å². The maximum absolute atomic E-state index is 4.30. The van der Waals surface area contributed by atoms with Crippen molar-refractivity contribution >= 4 is 5.57 Å². The van der Waals surface area contributed by atoms with Crippen LogP contribution in [0.3, 0.4) is 0 Å². The Morgan fingerprint density at radius 2 is 2.09 bits per heavy atom. The molecule has 0 atom stereocenters. The highest BCUT2D eigenvalue weighted by Gasteiger charge is 2.20. The molecule has 0 aliphatic heterocycles. The predicted molar refractivity (Wildman–Crippen MR) is 92.6 cm³/mol. The maximum Gasteiger partial charge on any atom is 0.0999 e. The summed E-state index contributed by atoms with van der Waals surface area (Å²) in [5, 5.41) is 10.9. The van der Waals surface area contributed by atoms with E-state index in [0.29, 0.717) is 0 Å². The fraction of sp³-hybridized carbons (Fsp3) is 0.389. The Bertz CT molecular complexity index is 658. The number of rotatable bonds is 6. The average molecular weight is 298 g/mol. The van der Waals surface area contributed by atoms with Crippen LogP contribution < -0.4 is 10.6 Å². The lowest BCUT2D eigenvalue weighted by Crippen LogP contribution is -2.26. The van der Waals surface area contributed by atoms with Crippen molar-refractivity contribution in [1.82, 2.24) is 20.4 Å². The number of nitrogens with zero attached hydrogens (tertiary/aromatic N) is 2. The SMILES string of the molecule is C=C(C)NC(=C)NC1=C(CC)CCC(c2cnn(C)c2)=C1C. The van der Waals surface area contributed by atoms with Crippen LogP contribution in [0.5, 0.6) is 0 Å². The molecule has 2 rings (SSSR count). The van der Waals surface area contributed by atoms with Crippen molar-refractivity contribution in [3.8, 4) is 0 Å². The van der Waals surface area contributed by atoms with Gasteiger partial charge in [-0.2, -0.15) is 5.10 Å². The molecule has 4 heteroatoms. The number of nitrogens with one attached hydrogen (secondary N) is 2. The van der Waals surface area contributed by atoms with Crippen LogP contribution in [0.15, 0.2) is 53.9 Å². The molecule has 0 fully saturated rings. The van der Waals surface area contributed by atoms with E-state index in [1.165, 1.54) is 28.0 Å². The first-order chi connectivity index (χ1) is 10.4. The van der Waals surface area contributed by atoms with Crippen LogP contribution in [0.2, 0.25) is 0 Å². The molecule has 1 heterocycles. The van der Waals surface area contributed by atoms with Gasteiger partial charge in [0.1, 0.15) is 0 Å². The average Bonchev–Trinajstić information content (AvgIpc) is 2.86. The topological polar surface area (TPSA) is 41.9 Å². The van der Waals surface area contributed by atoms with Crippen LogP contribution in [0, 0.1) is 0 Å². The second kappa shape index (κ2) is 6.69. The Kier molecular flexibility index (Phi) is 4.91. The summed E-state index contributed by atoms with van der Waals surface area (Å²) >= 11 is 0. The highest BCUT2D eigenvalue weighted by molar-refractivity contribution is 5.73. The standard InChI is InChI=1S/C18H26N4/c1-7-15-8-9-17(16-10-19-22(6)11-16)13(4)18(15)21-14(5)20-12(2)3/h10-11,20-21H,2,5,7-9H2,1,3-4,6H3. The van der Waals surface area contributed by atoms with Crippen LogP contribution in [0.4, 0.5) is 0 Å². The van der Waals surface area contributed by atoms with Gasteiger partial charge in [-0.1, -0.05) is 20.1 Å². The van der Waals surface area contributed by atoms with Gasteiger partial charge in [0.15, 0.2) is 0 Å². The normalized spacial score (nSPS) is 15.1. The molecule has 4 nitrogen and oxygen atoms in total. The minimum Gasteiger partial charge on any atom is -0.347 e. The Balaban J connectivity index is 2.34. The minimum atomic E-state index is 0.764. The summed E-state index contributed by atoms with van der Waals surface area (Å²) in [5.74, 6) is 0.764. The molecule has 0 radical (unpaired) electrons. The van der Waals surface area contributed by atoms with E-state index in [9.17, 15) is 0 Å². The third-order valence-corrected chi connectivity index (χ3v) is 3.98. The third kappa shape index (κ3) is 3.50. The zero-order valence-electron chi connectivity index (χ0n) is 14.1. The zero-order valence-corrected chi connectivity index (χ0v) is 14.1. The Labute approximate surface area is 133 Å². The van der Waals surface area contributed by atoms with Gasteiger partial charge < -0.3 is 10.6 Å². The molecule has 0 aromatic carbocycles. The van der Waals surface area contributed by atoms with Gasteiger partial charge in [0, 0.05) is 30.2 Å². The van der Waals surface area contributed by atoms with Crippen molar-refractivity contribution in [2.45, 2.75) is 40.0 Å². The maximum atomic E-state index is 4.30. The molecule has 1 aromatic rings. The largest absolute Gasteiger partial charge is 0.347 e. The minimum absolute atomic E-state index is 0.764. The van der Waals surface area contributed by atoms with Crippen LogP contribution in [0.1, 0.15) is 45.6 Å². The molecule has 1 aliphatic rings. The third-order valence-electron chi connectivity index (χ3n) is 3.98. The lowest BCUT2D eigenvalue weighted by atomic mass is 9.86. The van der Waals surface area contributed by atoms with E-state index >= 15 is 0 Å². The van der Waals surface area contributed by atoms with Gasteiger partial charge in [-0.3, -0.25) is 4.68 Å². The lowest BCUT2D eigenvalue weighted by Gasteiger charge is -2.26. The fourth-order valence-corrected chi connectivity index (χ4v) is 2.92. The summed E-state index contributed by atoms with van der Waals surface area (Å²) in [6.45, 7) is 14.2. The van der Waals surface area contributed by atoms with Crippen molar-refractivity contribution in [3.05, 3.63) is 59.5 Å². The quantitative estimate of drug-likeness (QED) is 0.838. The summed E-state index contributed by atoms with van der Waals surface area (Å²) in [7, 11) is 1.95. The predicted octanol–water partition coefficient (Wildman–Crippen LogP) is 3.84. The number of allylic oxidation sites excluding steroid dienone is 4. The molecule has 118 valence electrons. The van der Waals surface area contributed by atoms with Crippen LogP contribution in [0.25, 0.3) is 5.57 Å².